The Kier molecular flexibility index (Phi) is 7.12. The first-order valence-corrected chi connectivity index (χ1v) is 9.17. The number of esters is 1. The van der Waals surface area contributed by atoms with Crippen molar-refractivity contribution in [1.29, 1.82) is 0 Å². The van der Waals surface area contributed by atoms with Gasteiger partial charge in [-0.15, -0.1) is 0 Å². The van der Waals surface area contributed by atoms with Gasteiger partial charge in [-0.05, 0) is 39.8 Å². The van der Waals surface area contributed by atoms with Gasteiger partial charge in [-0.2, -0.15) is 0 Å². The lowest BCUT2D eigenvalue weighted by atomic mass is 10.1. The number of carbonyl (C=O) groups excluding carboxylic acids is 2. The van der Waals surface area contributed by atoms with Crippen LogP contribution in [0.4, 0.5) is 10.5 Å². The van der Waals surface area contributed by atoms with E-state index >= 15 is 0 Å². The lowest BCUT2D eigenvalue weighted by molar-refractivity contribution is -0.144. The summed E-state index contributed by atoms with van der Waals surface area (Å²) in [4.78, 5) is 28.7. The van der Waals surface area contributed by atoms with Gasteiger partial charge in [0.05, 0.1) is 23.7 Å². The molecule has 2 aromatic rings. The quantitative estimate of drug-likeness (QED) is 0.737. The number of hydrogen-bond acceptors (Lipinski definition) is 6. The first-order valence-electron chi connectivity index (χ1n) is 9.17. The number of hydrogen-bond donors (Lipinski definition) is 2. The molecule has 0 saturated heterocycles. The maximum Gasteiger partial charge on any atom is 0.412 e. The van der Waals surface area contributed by atoms with Crippen molar-refractivity contribution in [3.05, 3.63) is 48.2 Å². The lowest BCUT2D eigenvalue weighted by Gasteiger charge is -2.21. The molecule has 0 aliphatic rings. The molecule has 3 N–H and O–H groups in total. The van der Waals surface area contributed by atoms with Gasteiger partial charge in [0.15, 0.2) is 0 Å². The van der Waals surface area contributed by atoms with Gasteiger partial charge in [0, 0.05) is 12.0 Å². The summed E-state index contributed by atoms with van der Waals surface area (Å²) in [5.41, 5.74) is 7.87. The number of nitrogens with zero attached hydrogens (tertiary/aromatic N) is 1. The molecule has 1 atom stereocenters. The maximum absolute atomic E-state index is 12.2. The summed E-state index contributed by atoms with van der Waals surface area (Å²) in [6.07, 6.45) is -0.488. The number of pyridine rings is 1. The first kappa shape index (κ1) is 21.4. The van der Waals surface area contributed by atoms with E-state index in [2.05, 4.69) is 10.3 Å². The number of carbonyl (C=O) groups is 2. The molecule has 1 aromatic carbocycles. The Morgan fingerprint density at radius 2 is 1.82 bits per heavy atom. The predicted molar refractivity (Wildman–Crippen MR) is 108 cm³/mol. The van der Waals surface area contributed by atoms with E-state index in [9.17, 15) is 9.59 Å². The smallest absolute Gasteiger partial charge is 0.412 e. The predicted octanol–water partition coefficient (Wildman–Crippen LogP) is 3.53. The second-order valence-electron chi connectivity index (χ2n) is 7.25. The molecule has 28 heavy (non-hydrogen) atoms. The minimum atomic E-state index is -0.891. The number of rotatable bonds is 6. The van der Waals surface area contributed by atoms with Crippen LogP contribution >= 0.6 is 0 Å². The van der Waals surface area contributed by atoms with Gasteiger partial charge >= 0.3 is 12.1 Å². The monoisotopic (exact) mass is 385 g/mol. The second kappa shape index (κ2) is 9.32. The molecule has 7 heteroatoms. The Bertz CT molecular complexity index is 816. The SMILES string of the molecule is CCOC(=O)C(N)Cc1nc(-c2ccccc2)ccc1NC(=O)OC(C)(C)C. The van der Waals surface area contributed by atoms with Gasteiger partial charge in [0.25, 0.3) is 0 Å². The molecule has 7 nitrogen and oxygen atoms in total. The highest BCUT2D eigenvalue weighted by Gasteiger charge is 2.21. The number of anilines is 1. The van der Waals surface area contributed by atoms with E-state index in [-0.39, 0.29) is 13.0 Å². The van der Waals surface area contributed by atoms with E-state index in [1.807, 2.05) is 30.3 Å². The molecule has 1 amide bonds. The van der Waals surface area contributed by atoms with Crippen molar-refractivity contribution in [3.63, 3.8) is 0 Å². The van der Waals surface area contributed by atoms with E-state index in [1.54, 1.807) is 39.8 Å². The average molecular weight is 385 g/mol. The zero-order valence-corrected chi connectivity index (χ0v) is 16.7. The van der Waals surface area contributed by atoms with Crippen LogP contribution in [-0.2, 0) is 20.7 Å². The highest BCUT2D eigenvalue weighted by molar-refractivity contribution is 5.86. The van der Waals surface area contributed by atoms with E-state index in [4.69, 9.17) is 15.2 Å². The van der Waals surface area contributed by atoms with Gasteiger partial charge in [0.1, 0.15) is 11.6 Å². The van der Waals surface area contributed by atoms with E-state index in [0.29, 0.717) is 17.1 Å². The van der Waals surface area contributed by atoms with Crippen molar-refractivity contribution >= 4 is 17.7 Å². The third-order valence-corrected chi connectivity index (χ3v) is 3.68. The molecule has 2 rings (SSSR count). The zero-order valence-electron chi connectivity index (χ0n) is 16.7. The van der Waals surface area contributed by atoms with Crippen molar-refractivity contribution < 1.29 is 19.1 Å². The maximum atomic E-state index is 12.2. The summed E-state index contributed by atoms with van der Waals surface area (Å²) < 4.78 is 10.3. The number of aromatic nitrogens is 1. The molecule has 1 heterocycles. The van der Waals surface area contributed by atoms with Crippen LogP contribution in [0.1, 0.15) is 33.4 Å². The molecule has 0 radical (unpaired) electrons. The molecule has 0 fully saturated rings. The number of ether oxygens (including phenoxy) is 2. The molecule has 1 unspecified atom stereocenters. The zero-order chi connectivity index (χ0) is 20.7. The Labute approximate surface area is 165 Å². The van der Waals surface area contributed by atoms with Gasteiger partial charge in [0.2, 0.25) is 0 Å². The fourth-order valence-electron chi connectivity index (χ4n) is 2.49. The van der Waals surface area contributed by atoms with E-state index < -0.39 is 23.7 Å². The summed E-state index contributed by atoms with van der Waals surface area (Å²) >= 11 is 0. The van der Waals surface area contributed by atoms with Crippen LogP contribution in [0.25, 0.3) is 11.3 Å². The minimum absolute atomic E-state index is 0.116. The third kappa shape index (κ3) is 6.35. The molecule has 1 aromatic heterocycles. The normalized spacial score (nSPS) is 12.2. The molecule has 0 bridgehead atoms. The Hall–Kier alpha value is -2.93. The van der Waals surface area contributed by atoms with Crippen LogP contribution in [-0.4, -0.2) is 35.3 Å². The van der Waals surface area contributed by atoms with Gasteiger partial charge in [-0.1, -0.05) is 30.3 Å². The van der Waals surface area contributed by atoms with Crippen molar-refractivity contribution in [1.82, 2.24) is 4.98 Å². The largest absolute Gasteiger partial charge is 0.465 e. The average Bonchev–Trinajstić information content (AvgIpc) is 2.62. The van der Waals surface area contributed by atoms with Crippen LogP contribution in [0.3, 0.4) is 0 Å². The molecular formula is C21H27N3O4. The van der Waals surface area contributed by atoms with Crippen molar-refractivity contribution in [2.45, 2.75) is 45.8 Å². The Morgan fingerprint density at radius 1 is 1.14 bits per heavy atom. The molecular weight excluding hydrogens is 358 g/mol. The van der Waals surface area contributed by atoms with Crippen molar-refractivity contribution in [3.8, 4) is 11.3 Å². The molecule has 0 saturated carbocycles. The minimum Gasteiger partial charge on any atom is -0.465 e. The molecule has 0 spiro atoms. The summed E-state index contributed by atoms with van der Waals surface area (Å²) in [5.74, 6) is -0.516. The van der Waals surface area contributed by atoms with Crippen LogP contribution in [0.2, 0.25) is 0 Å². The van der Waals surface area contributed by atoms with Crippen LogP contribution in [0.5, 0.6) is 0 Å². The summed E-state index contributed by atoms with van der Waals surface area (Å²) in [6, 6.07) is 12.2. The standard InChI is InChI=1S/C21H27N3O4/c1-5-27-19(25)15(22)13-18-17(24-20(26)28-21(2,3)4)12-11-16(23-18)14-9-7-6-8-10-14/h6-12,15H,5,13,22H2,1-4H3,(H,24,26). The fourth-order valence-corrected chi connectivity index (χ4v) is 2.49. The number of benzene rings is 1. The summed E-state index contributed by atoms with van der Waals surface area (Å²) in [7, 11) is 0. The van der Waals surface area contributed by atoms with Gasteiger partial charge in [-0.25, -0.2) is 4.79 Å². The molecule has 0 aliphatic carbocycles. The first-order chi connectivity index (χ1) is 13.2. The summed E-state index contributed by atoms with van der Waals surface area (Å²) in [6.45, 7) is 7.30. The molecule has 150 valence electrons. The second-order valence-corrected chi connectivity index (χ2v) is 7.25. The Morgan fingerprint density at radius 3 is 2.43 bits per heavy atom. The fraction of sp³-hybridized carbons (Fsp3) is 0.381. The van der Waals surface area contributed by atoms with Crippen molar-refractivity contribution in [2.75, 3.05) is 11.9 Å². The van der Waals surface area contributed by atoms with Crippen LogP contribution in [0, 0.1) is 0 Å². The number of amides is 1. The van der Waals surface area contributed by atoms with Gasteiger partial charge < -0.3 is 15.2 Å². The number of nitrogens with one attached hydrogen (secondary N) is 1. The third-order valence-electron chi connectivity index (χ3n) is 3.68. The van der Waals surface area contributed by atoms with Crippen molar-refractivity contribution in [2.24, 2.45) is 5.73 Å². The van der Waals surface area contributed by atoms with Crippen LogP contribution in [0.15, 0.2) is 42.5 Å². The molecule has 0 aliphatic heterocycles. The Balaban J connectivity index is 2.32. The number of nitrogens with two attached hydrogens (primary N) is 1. The topological polar surface area (TPSA) is 104 Å². The van der Waals surface area contributed by atoms with E-state index in [1.165, 1.54) is 0 Å². The highest BCUT2D eigenvalue weighted by atomic mass is 16.6. The lowest BCUT2D eigenvalue weighted by Crippen LogP contribution is -2.35. The van der Waals surface area contributed by atoms with Gasteiger partial charge in [-0.3, -0.25) is 15.1 Å². The highest BCUT2D eigenvalue weighted by Crippen LogP contribution is 2.23. The van der Waals surface area contributed by atoms with E-state index in [0.717, 1.165) is 5.56 Å². The summed E-state index contributed by atoms with van der Waals surface area (Å²) in [5, 5.41) is 2.69. The van der Waals surface area contributed by atoms with Crippen LogP contribution < -0.4 is 11.1 Å².